The quantitative estimate of drug-likeness (QED) is 0.779. The van der Waals surface area contributed by atoms with Crippen LogP contribution in [0.3, 0.4) is 0 Å². The Labute approximate surface area is 121 Å². The molecule has 0 N–H and O–H groups in total. The lowest BCUT2D eigenvalue weighted by Gasteiger charge is -2.32. The van der Waals surface area contributed by atoms with Crippen molar-refractivity contribution in [2.24, 2.45) is 0 Å². The van der Waals surface area contributed by atoms with Crippen molar-refractivity contribution >= 4 is 6.41 Å². The summed E-state index contributed by atoms with van der Waals surface area (Å²) in [6.07, 6.45) is -3.53. The highest BCUT2D eigenvalue weighted by atomic mass is 19.4. The van der Waals surface area contributed by atoms with E-state index in [1.807, 2.05) is 0 Å². The molecular weight excluding hydrogens is 285 g/mol. The molecule has 0 spiro atoms. The molecule has 0 unspecified atom stereocenters. The van der Waals surface area contributed by atoms with E-state index in [9.17, 15) is 18.0 Å². The third kappa shape index (κ3) is 4.93. The largest absolute Gasteiger partial charge is 0.484 e. The molecule has 2 rings (SSSR count). The van der Waals surface area contributed by atoms with Crippen LogP contribution in [0.4, 0.5) is 13.2 Å². The van der Waals surface area contributed by atoms with E-state index < -0.39 is 12.8 Å². The van der Waals surface area contributed by atoms with Gasteiger partial charge in [0.2, 0.25) is 6.41 Å². The molecule has 1 saturated heterocycles. The summed E-state index contributed by atoms with van der Waals surface area (Å²) in [6, 6.07) is 6.73. The number of ether oxygens (including phenoxy) is 1. The van der Waals surface area contributed by atoms with Gasteiger partial charge in [-0.1, -0.05) is 18.2 Å². The van der Waals surface area contributed by atoms with E-state index in [2.05, 4.69) is 4.90 Å². The third-order valence-electron chi connectivity index (χ3n) is 3.31. The molecule has 1 aromatic rings. The van der Waals surface area contributed by atoms with E-state index in [1.54, 1.807) is 29.2 Å². The van der Waals surface area contributed by atoms with Crippen LogP contribution in [-0.2, 0) is 11.3 Å². The van der Waals surface area contributed by atoms with Crippen molar-refractivity contribution in [1.29, 1.82) is 0 Å². The van der Waals surface area contributed by atoms with Crippen molar-refractivity contribution in [1.82, 2.24) is 9.80 Å². The minimum atomic E-state index is -4.34. The summed E-state index contributed by atoms with van der Waals surface area (Å²) in [5.41, 5.74) is 0.723. The van der Waals surface area contributed by atoms with Gasteiger partial charge >= 0.3 is 6.18 Å². The standard InChI is InChI=1S/C14H17F3N2O2/c15-14(16,17)10-21-13-4-2-1-3-12(13)9-18-5-7-19(11-20)8-6-18/h1-4,11H,5-10H2. The second kappa shape index (κ2) is 6.80. The van der Waals surface area contributed by atoms with Gasteiger partial charge in [-0.25, -0.2) is 0 Å². The predicted octanol–water partition coefficient (Wildman–Crippen LogP) is 1.90. The zero-order valence-electron chi connectivity index (χ0n) is 11.5. The molecule has 1 heterocycles. The number of piperazine rings is 1. The zero-order chi connectivity index (χ0) is 15.3. The summed E-state index contributed by atoms with van der Waals surface area (Å²) in [5, 5.41) is 0. The Balaban J connectivity index is 1.95. The molecule has 1 aliphatic heterocycles. The first kappa shape index (κ1) is 15.6. The van der Waals surface area contributed by atoms with Crippen molar-refractivity contribution in [2.75, 3.05) is 32.8 Å². The molecule has 0 saturated carbocycles. The van der Waals surface area contributed by atoms with Gasteiger partial charge in [0.15, 0.2) is 6.61 Å². The molecule has 1 aromatic carbocycles. The average Bonchev–Trinajstić information content (AvgIpc) is 2.46. The first-order valence-corrected chi connectivity index (χ1v) is 6.67. The summed E-state index contributed by atoms with van der Waals surface area (Å²) in [7, 11) is 0. The van der Waals surface area contributed by atoms with Crippen molar-refractivity contribution < 1.29 is 22.7 Å². The Hall–Kier alpha value is -1.76. The molecule has 116 valence electrons. The molecule has 0 bridgehead atoms. The SMILES string of the molecule is O=CN1CCN(Cc2ccccc2OCC(F)(F)F)CC1. The van der Waals surface area contributed by atoms with Crippen LogP contribution in [0.5, 0.6) is 5.75 Å². The molecule has 7 heteroatoms. The van der Waals surface area contributed by atoms with Gasteiger partial charge in [0.05, 0.1) is 0 Å². The molecule has 21 heavy (non-hydrogen) atoms. The summed E-state index contributed by atoms with van der Waals surface area (Å²) in [6.45, 7) is 1.90. The number of benzene rings is 1. The second-order valence-electron chi connectivity index (χ2n) is 4.93. The van der Waals surface area contributed by atoms with Crippen molar-refractivity contribution in [3.8, 4) is 5.75 Å². The van der Waals surface area contributed by atoms with E-state index >= 15 is 0 Å². The number of hydrogen-bond acceptors (Lipinski definition) is 3. The highest BCUT2D eigenvalue weighted by Gasteiger charge is 2.29. The number of halogens is 3. The Morgan fingerprint density at radius 3 is 2.43 bits per heavy atom. The topological polar surface area (TPSA) is 32.8 Å². The van der Waals surface area contributed by atoms with Crippen LogP contribution in [0.25, 0.3) is 0 Å². The maximum atomic E-state index is 12.2. The van der Waals surface area contributed by atoms with Crippen LogP contribution >= 0.6 is 0 Å². The minimum Gasteiger partial charge on any atom is -0.484 e. The lowest BCUT2D eigenvalue weighted by atomic mass is 10.1. The van der Waals surface area contributed by atoms with Gasteiger partial charge in [-0.3, -0.25) is 9.69 Å². The van der Waals surface area contributed by atoms with Crippen LogP contribution in [0.15, 0.2) is 24.3 Å². The number of rotatable bonds is 5. The van der Waals surface area contributed by atoms with Crippen molar-refractivity contribution in [3.05, 3.63) is 29.8 Å². The van der Waals surface area contributed by atoms with Gasteiger partial charge < -0.3 is 9.64 Å². The van der Waals surface area contributed by atoms with Gasteiger partial charge in [-0.15, -0.1) is 0 Å². The van der Waals surface area contributed by atoms with Gasteiger partial charge in [-0.2, -0.15) is 13.2 Å². The fourth-order valence-corrected chi connectivity index (χ4v) is 2.20. The number of hydrogen-bond donors (Lipinski definition) is 0. The second-order valence-corrected chi connectivity index (χ2v) is 4.93. The third-order valence-corrected chi connectivity index (χ3v) is 3.31. The van der Waals surface area contributed by atoms with Crippen LogP contribution in [0.2, 0.25) is 0 Å². The maximum Gasteiger partial charge on any atom is 0.422 e. The number of carbonyl (C=O) groups excluding carboxylic acids is 1. The number of para-hydroxylation sites is 1. The smallest absolute Gasteiger partial charge is 0.422 e. The zero-order valence-corrected chi connectivity index (χ0v) is 11.5. The van der Waals surface area contributed by atoms with Crippen LogP contribution < -0.4 is 4.74 Å². The number of carbonyl (C=O) groups is 1. The minimum absolute atomic E-state index is 0.257. The fraction of sp³-hybridized carbons (Fsp3) is 0.500. The molecule has 1 amide bonds. The van der Waals surface area contributed by atoms with Crippen LogP contribution in [0, 0.1) is 0 Å². The van der Waals surface area contributed by atoms with Crippen LogP contribution in [0.1, 0.15) is 5.56 Å². The first-order valence-electron chi connectivity index (χ1n) is 6.67. The van der Waals surface area contributed by atoms with E-state index in [1.165, 1.54) is 0 Å². The predicted molar refractivity (Wildman–Crippen MR) is 70.9 cm³/mol. The highest BCUT2D eigenvalue weighted by molar-refractivity contribution is 5.47. The van der Waals surface area contributed by atoms with E-state index in [0.717, 1.165) is 12.0 Å². The average molecular weight is 302 g/mol. The highest BCUT2D eigenvalue weighted by Crippen LogP contribution is 2.23. The van der Waals surface area contributed by atoms with Crippen LogP contribution in [-0.4, -0.2) is 55.2 Å². The lowest BCUT2D eigenvalue weighted by molar-refractivity contribution is -0.153. The molecule has 0 aliphatic carbocycles. The van der Waals surface area contributed by atoms with E-state index in [0.29, 0.717) is 32.7 Å². The Kier molecular flexibility index (Phi) is 5.06. The summed E-state index contributed by atoms with van der Waals surface area (Å²) < 4.78 is 41.6. The number of alkyl halides is 3. The Morgan fingerprint density at radius 2 is 1.81 bits per heavy atom. The Bertz CT molecular complexity index is 472. The maximum absolute atomic E-state index is 12.2. The monoisotopic (exact) mass is 302 g/mol. The fourth-order valence-electron chi connectivity index (χ4n) is 2.20. The van der Waals surface area contributed by atoms with Gasteiger partial charge in [-0.05, 0) is 6.07 Å². The lowest BCUT2D eigenvalue weighted by Crippen LogP contribution is -2.45. The number of nitrogens with zero attached hydrogens (tertiary/aromatic N) is 2. The van der Waals surface area contributed by atoms with Crippen molar-refractivity contribution in [3.63, 3.8) is 0 Å². The molecular formula is C14H17F3N2O2. The van der Waals surface area contributed by atoms with E-state index in [-0.39, 0.29) is 5.75 Å². The van der Waals surface area contributed by atoms with Gasteiger partial charge in [0.1, 0.15) is 5.75 Å². The number of amides is 1. The molecule has 0 radical (unpaired) electrons. The Morgan fingerprint density at radius 1 is 1.14 bits per heavy atom. The first-order chi connectivity index (χ1) is 9.98. The molecule has 0 atom stereocenters. The normalized spacial score (nSPS) is 16.8. The van der Waals surface area contributed by atoms with E-state index in [4.69, 9.17) is 4.74 Å². The summed E-state index contributed by atoms with van der Waals surface area (Å²) in [5.74, 6) is 0.257. The molecule has 1 fully saturated rings. The van der Waals surface area contributed by atoms with Gasteiger partial charge in [0, 0.05) is 38.3 Å². The molecule has 0 aromatic heterocycles. The molecule has 1 aliphatic rings. The summed E-state index contributed by atoms with van der Waals surface area (Å²) in [4.78, 5) is 14.4. The van der Waals surface area contributed by atoms with Gasteiger partial charge in [0.25, 0.3) is 0 Å². The summed E-state index contributed by atoms with van der Waals surface area (Å²) >= 11 is 0. The van der Waals surface area contributed by atoms with Crippen molar-refractivity contribution in [2.45, 2.75) is 12.7 Å². The molecule has 4 nitrogen and oxygen atoms in total.